The van der Waals surface area contributed by atoms with Gasteiger partial charge in [0.2, 0.25) is 5.91 Å². The summed E-state index contributed by atoms with van der Waals surface area (Å²) in [5.74, 6) is 0.519. The molecule has 0 radical (unpaired) electrons. The SMILES string of the molecule is CCCCCC(F)c1ccc(N2C(=O)CC[C@@H]2CCSc2nc(C(=O)OCC)cs2)cc1. The number of amides is 1. The van der Waals surface area contributed by atoms with Gasteiger partial charge in [-0.1, -0.05) is 50.1 Å². The Bertz CT molecular complexity index is 888. The Labute approximate surface area is 197 Å². The van der Waals surface area contributed by atoms with E-state index >= 15 is 0 Å². The van der Waals surface area contributed by atoms with Crippen LogP contribution in [0, 0.1) is 0 Å². The zero-order valence-electron chi connectivity index (χ0n) is 18.7. The first-order valence-electron chi connectivity index (χ1n) is 11.3. The highest BCUT2D eigenvalue weighted by Crippen LogP contribution is 2.33. The number of thioether (sulfide) groups is 1. The van der Waals surface area contributed by atoms with Crippen LogP contribution in [0.25, 0.3) is 0 Å². The van der Waals surface area contributed by atoms with Gasteiger partial charge in [-0.05, 0) is 43.9 Å². The van der Waals surface area contributed by atoms with Gasteiger partial charge in [0, 0.05) is 29.3 Å². The molecule has 2 heterocycles. The first kappa shape index (κ1) is 24.7. The predicted octanol–water partition coefficient (Wildman–Crippen LogP) is 6.59. The normalized spacial score (nSPS) is 17.0. The maximum absolute atomic E-state index is 14.4. The van der Waals surface area contributed by atoms with E-state index < -0.39 is 12.1 Å². The molecule has 3 rings (SSSR count). The van der Waals surface area contributed by atoms with Crippen LogP contribution in [-0.2, 0) is 9.53 Å². The Kier molecular flexibility index (Phi) is 9.53. The molecule has 1 saturated heterocycles. The van der Waals surface area contributed by atoms with E-state index in [-0.39, 0.29) is 11.9 Å². The van der Waals surface area contributed by atoms with Crippen molar-refractivity contribution in [3.8, 4) is 0 Å². The van der Waals surface area contributed by atoms with Crippen molar-refractivity contribution >= 4 is 40.7 Å². The number of benzene rings is 1. The molecule has 2 atom stereocenters. The number of anilines is 1. The molecule has 1 aromatic heterocycles. The molecule has 1 aliphatic heterocycles. The van der Waals surface area contributed by atoms with E-state index in [9.17, 15) is 14.0 Å². The van der Waals surface area contributed by atoms with Gasteiger partial charge in [-0.15, -0.1) is 11.3 Å². The second-order valence-electron chi connectivity index (χ2n) is 7.87. The third-order valence-electron chi connectivity index (χ3n) is 5.56. The van der Waals surface area contributed by atoms with Gasteiger partial charge >= 0.3 is 5.97 Å². The van der Waals surface area contributed by atoms with Crippen LogP contribution in [0.5, 0.6) is 0 Å². The van der Waals surface area contributed by atoms with Crippen LogP contribution in [0.2, 0.25) is 0 Å². The standard InChI is InChI=1S/C24H31FN2O3S2/c1-3-5-6-7-20(25)17-8-10-18(11-9-17)27-19(12-13-22(27)28)14-15-31-24-26-21(16-32-24)23(29)30-4-2/h8-11,16,19-20H,3-7,12-15H2,1-2H3/t19-,20?/m1/s1. The summed E-state index contributed by atoms with van der Waals surface area (Å²) in [6, 6.07) is 7.50. The Balaban J connectivity index is 1.54. The summed E-state index contributed by atoms with van der Waals surface area (Å²) in [5.41, 5.74) is 1.87. The number of hydrogen-bond acceptors (Lipinski definition) is 6. The minimum atomic E-state index is -0.949. The number of aromatic nitrogens is 1. The number of ether oxygens (including phenoxy) is 1. The molecule has 0 bridgehead atoms. The van der Waals surface area contributed by atoms with Crippen molar-refractivity contribution in [1.82, 2.24) is 4.98 Å². The molecular formula is C24H31FN2O3S2. The molecule has 0 aliphatic carbocycles. The largest absolute Gasteiger partial charge is 0.461 e. The number of hydrogen-bond donors (Lipinski definition) is 0. The molecule has 0 spiro atoms. The number of carbonyl (C=O) groups is 2. The third kappa shape index (κ3) is 6.54. The number of carbonyl (C=O) groups excluding carboxylic acids is 2. The second-order valence-corrected chi connectivity index (χ2v) is 10.1. The van der Waals surface area contributed by atoms with Crippen LogP contribution < -0.4 is 4.90 Å². The third-order valence-corrected chi connectivity index (χ3v) is 7.62. The van der Waals surface area contributed by atoms with Crippen LogP contribution in [0.3, 0.4) is 0 Å². The molecule has 1 fully saturated rings. The topological polar surface area (TPSA) is 59.5 Å². The van der Waals surface area contributed by atoms with E-state index in [0.717, 1.165) is 47.9 Å². The van der Waals surface area contributed by atoms with Crippen molar-refractivity contribution < 1.29 is 18.7 Å². The Morgan fingerprint density at radius 2 is 2.09 bits per heavy atom. The van der Waals surface area contributed by atoms with Gasteiger partial charge in [0.15, 0.2) is 10.0 Å². The van der Waals surface area contributed by atoms with E-state index in [1.54, 1.807) is 24.1 Å². The lowest BCUT2D eigenvalue weighted by Crippen LogP contribution is -2.33. The highest BCUT2D eigenvalue weighted by Gasteiger charge is 2.32. The second kappa shape index (κ2) is 12.3. The smallest absolute Gasteiger partial charge is 0.357 e. The Hall–Kier alpha value is -1.93. The molecule has 8 heteroatoms. The van der Waals surface area contributed by atoms with E-state index in [1.807, 2.05) is 29.2 Å². The average molecular weight is 479 g/mol. The summed E-state index contributed by atoms with van der Waals surface area (Å²) in [5, 5.41) is 1.72. The van der Waals surface area contributed by atoms with E-state index in [1.165, 1.54) is 11.3 Å². The van der Waals surface area contributed by atoms with Gasteiger partial charge in [0.1, 0.15) is 6.17 Å². The molecule has 1 unspecified atom stereocenters. The van der Waals surface area contributed by atoms with E-state index in [4.69, 9.17) is 4.74 Å². The fraction of sp³-hybridized carbons (Fsp3) is 0.542. The van der Waals surface area contributed by atoms with Crippen LogP contribution in [-0.4, -0.2) is 35.3 Å². The summed E-state index contributed by atoms with van der Waals surface area (Å²) >= 11 is 3.02. The maximum atomic E-state index is 14.4. The maximum Gasteiger partial charge on any atom is 0.357 e. The summed E-state index contributed by atoms with van der Waals surface area (Å²) in [6.07, 6.45) is 4.79. The molecule has 174 valence electrons. The molecule has 0 saturated carbocycles. The van der Waals surface area contributed by atoms with Crippen LogP contribution in [0.4, 0.5) is 10.1 Å². The molecule has 32 heavy (non-hydrogen) atoms. The number of esters is 1. The lowest BCUT2D eigenvalue weighted by atomic mass is 10.0. The Morgan fingerprint density at radius 1 is 1.31 bits per heavy atom. The van der Waals surface area contributed by atoms with Crippen LogP contribution in [0.1, 0.15) is 81.0 Å². The minimum Gasteiger partial charge on any atom is -0.461 e. The van der Waals surface area contributed by atoms with E-state index in [0.29, 0.717) is 30.7 Å². The van der Waals surface area contributed by atoms with Crippen molar-refractivity contribution in [3.63, 3.8) is 0 Å². The number of rotatable bonds is 12. The van der Waals surface area contributed by atoms with Gasteiger partial charge in [0.25, 0.3) is 0 Å². The zero-order chi connectivity index (χ0) is 22.9. The van der Waals surface area contributed by atoms with Gasteiger partial charge < -0.3 is 9.64 Å². The lowest BCUT2D eigenvalue weighted by molar-refractivity contribution is -0.117. The summed E-state index contributed by atoms with van der Waals surface area (Å²) in [4.78, 5) is 30.5. The highest BCUT2D eigenvalue weighted by molar-refractivity contribution is 8.01. The van der Waals surface area contributed by atoms with Crippen molar-refractivity contribution in [3.05, 3.63) is 40.9 Å². The molecule has 5 nitrogen and oxygen atoms in total. The fourth-order valence-electron chi connectivity index (χ4n) is 3.86. The predicted molar refractivity (Wildman–Crippen MR) is 128 cm³/mol. The van der Waals surface area contributed by atoms with Gasteiger partial charge in [-0.3, -0.25) is 4.79 Å². The molecule has 2 aromatic rings. The first-order chi connectivity index (χ1) is 15.5. The summed E-state index contributed by atoms with van der Waals surface area (Å²) in [7, 11) is 0. The summed E-state index contributed by atoms with van der Waals surface area (Å²) in [6.45, 7) is 4.21. The van der Waals surface area contributed by atoms with Crippen LogP contribution in [0.15, 0.2) is 34.0 Å². The number of unbranched alkanes of at least 4 members (excludes halogenated alkanes) is 2. The molecule has 1 amide bonds. The fourth-order valence-corrected chi connectivity index (χ4v) is 5.77. The molecular weight excluding hydrogens is 447 g/mol. The minimum absolute atomic E-state index is 0.117. The quantitative estimate of drug-likeness (QED) is 0.196. The van der Waals surface area contributed by atoms with Crippen molar-refractivity contribution in [2.75, 3.05) is 17.3 Å². The molecule has 0 N–H and O–H groups in total. The number of nitrogens with zero attached hydrogens (tertiary/aromatic N) is 2. The monoisotopic (exact) mass is 478 g/mol. The zero-order valence-corrected chi connectivity index (χ0v) is 20.4. The highest BCUT2D eigenvalue weighted by atomic mass is 32.2. The average Bonchev–Trinajstić information content (AvgIpc) is 3.41. The van der Waals surface area contributed by atoms with Gasteiger partial charge in [-0.2, -0.15) is 0 Å². The summed E-state index contributed by atoms with van der Waals surface area (Å²) < 4.78 is 20.2. The van der Waals surface area contributed by atoms with Crippen molar-refractivity contribution in [2.45, 2.75) is 75.3 Å². The van der Waals surface area contributed by atoms with Gasteiger partial charge in [-0.25, -0.2) is 14.2 Å². The van der Waals surface area contributed by atoms with Crippen molar-refractivity contribution in [1.29, 1.82) is 0 Å². The molecule has 1 aliphatic rings. The van der Waals surface area contributed by atoms with Crippen molar-refractivity contribution in [2.24, 2.45) is 0 Å². The van der Waals surface area contributed by atoms with Gasteiger partial charge in [0.05, 0.1) is 6.61 Å². The molecule has 1 aromatic carbocycles. The number of halogens is 1. The van der Waals surface area contributed by atoms with Crippen LogP contribution >= 0.6 is 23.1 Å². The first-order valence-corrected chi connectivity index (χ1v) is 13.2. The number of thiazole rings is 1. The Morgan fingerprint density at radius 3 is 2.81 bits per heavy atom. The number of alkyl halides is 1. The lowest BCUT2D eigenvalue weighted by Gasteiger charge is -2.25. The van der Waals surface area contributed by atoms with E-state index in [2.05, 4.69) is 11.9 Å².